The fourth-order valence-electron chi connectivity index (χ4n) is 1.79. The number of benzene rings is 1. The number of pyridine rings is 1. The Bertz CT molecular complexity index is 685. The Balaban J connectivity index is 2.33. The largest absolute Gasteiger partial charge is 0.398 e. The summed E-state index contributed by atoms with van der Waals surface area (Å²) >= 11 is 5.93. The summed E-state index contributed by atoms with van der Waals surface area (Å²) in [5, 5.41) is 0.0886. The molecule has 0 aliphatic heterocycles. The Kier molecular flexibility index (Phi) is 4.27. The van der Waals surface area contributed by atoms with Gasteiger partial charge in [0.2, 0.25) is 10.0 Å². The molecule has 7 heteroatoms. The smallest absolute Gasteiger partial charge is 0.244 e. The Morgan fingerprint density at radius 3 is 2.60 bits per heavy atom. The van der Waals surface area contributed by atoms with Crippen LogP contribution in [0.5, 0.6) is 0 Å². The molecular formula is C13H14ClN3O2S. The van der Waals surface area contributed by atoms with Gasteiger partial charge >= 0.3 is 0 Å². The number of hydrogen-bond acceptors (Lipinski definition) is 4. The van der Waals surface area contributed by atoms with Crippen molar-refractivity contribution in [2.45, 2.75) is 17.9 Å². The van der Waals surface area contributed by atoms with Crippen LogP contribution < -0.4 is 10.5 Å². The van der Waals surface area contributed by atoms with Crippen molar-refractivity contribution < 1.29 is 8.42 Å². The maximum absolute atomic E-state index is 12.4. The van der Waals surface area contributed by atoms with Gasteiger partial charge in [0.25, 0.3) is 0 Å². The molecule has 0 fully saturated rings. The summed E-state index contributed by atoms with van der Waals surface area (Å²) in [6, 6.07) is 9.37. The molecule has 0 radical (unpaired) electrons. The van der Waals surface area contributed by atoms with Crippen LogP contribution in [0, 0.1) is 0 Å². The fraction of sp³-hybridized carbons (Fsp3) is 0.154. The molecular weight excluding hydrogens is 298 g/mol. The van der Waals surface area contributed by atoms with E-state index < -0.39 is 16.1 Å². The highest BCUT2D eigenvalue weighted by Crippen LogP contribution is 2.28. The van der Waals surface area contributed by atoms with Gasteiger partial charge < -0.3 is 5.73 Å². The number of halogens is 1. The first-order chi connectivity index (χ1) is 9.42. The SMILES string of the molecule is CC(NS(=O)(=O)c1c(N)cccc1Cl)c1ccccn1. The second kappa shape index (κ2) is 5.78. The standard InChI is InChI=1S/C13H14ClN3O2S/c1-9(12-7-2-3-8-16-12)17-20(18,19)13-10(14)5-4-6-11(13)15/h2-9,17H,15H2,1H3. The molecule has 0 aliphatic rings. The lowest BCUT2D eigenvalue weighted by molar-refractivity contribution is 0.564. The quantitative estimate of drug-likeness (QED) is 0.849. The van der Waals surface area contributed by atoms with Gasteiger partial charge in [0, 0.05) is 6.20 Å². The molecule has 1 unspecified atom stereocenters. The van der Waals surface area contributed by atoms with Crippen LogP contribution in [0.3, 0.4) is 0 Å². The van der Waals surface area contributed by atoms with E-state index in [0.29, 0.717) is 5.69 Å². The lowest BCUT2D eigenvalue weighted by Crippen LogP contribution is -2.28. The van der Waals surface area contributed by atoms with E-state index in [0.717, 1.165) is 0 Å². The normalized spacial score (nSPS) is 13.1. The van der Waals surface area contributed by atoms with E-state index in [1.165, 1.54) is 12.1 Å². The van der Waals surface area contributed by atoms with Gasteiger partial charge in [0.1, 0.15) is 4.90 Å². The maximum Gasteiger partial charge on any atom is 0.244 e. The highest BCUT2D eigenvalue weighted by atomic mass is 35.5. The molecule has 0 saturated carbocycles. The molecule has 20 heavy (non-hydrogen) atoms. The third-order valence-corrected chi connectivity index (χ3v) is 4.81. The van der Waals surface area contributed by atoms with Crippen LogP contribution in [0.15, 0.2) is 47.5 Å². The van der Waals surface area contributed by atoms with Crippen LogP contribution in [0.2, 0.25) is 5.02 Å². The predicted molar refractivity (Wildman–Crippen MR) is 78.8 cm³/mol. The van der Waals surface area contributed by atoms with Gasteiger partial charge in [-0.2, -0.15) is 0 Å². The summed E-state index contributed by atoms with van der Waals surface area (Å²) in [5.74, 6) is 0. The highest BCUT2D eigenvalue weighted by molar-refractivity contribution is 7.89. The predicted octanol–water partition coefficient (Wildman–Crippen LogP) is 2.36. The highest BCUT2D eigenvalue weighted by Gasteiger charge is 2.23. The average Bonchev–Trinajstić information content (AvgIpc) is 2.38. The zero-order chi connectivity index (χ0) is 14.8. The summed E-state index contributed by atoms with van der Waals surface area (Å²) in [7, 11) is -3.82. The van der Waals surface area contributed by atoms with E-state index in [-0.39, 0.29) is 15.6 Å². The van der Waals surface area contributed by atoms with Gasteiger partial charge in [-0.05, 0) is 31.2 Å². The Hall–Kier alpha value is -1.63. The number of nitrogens with zero attached hydrogens (tertiary/aromatic N) is 1. The van der Waals surface area contributed by atoms with Gasteiger partial charge in [-0.15, -0.1) is 0 Å². The minimum Gasteiger partial charge on any atom is -0.398 e. The third-order valence-electron chi connectivity index (χ3n) is 2.73. The van der Waals surface area contributed by atoms with Crippen LogP contribution in [-0.2, 0) is 10.0 Å². The Labute approximate surface area is 122 Å². The molecule has 2 aromatic rings. The van der Waals surface area contributed by atoms with Crippen LogP contribution in [0.25, 0.3) is 0 Å². The second-order valence-corrected chi connectivity index (χ2v) is 6.31. The molecule has 0 bridgehead atoms. The lowest BCUT2D eigenvalue weighted by atomic mass is 10.2. The van der Waals surface area contributed by atoms with E-state index in [2.05, 4.69) is 9.71 Å². The van der Waals surface area contributed by atoms with Gasteiger partial charge in [0.05, 0.1) is 22.4 Å². The summed E-state index contributed by atoms with van der Waals surface area (Å²) in [4.78, 5) is 4.00. The first-order valence-corrected chi connectivity index (χ1v) is 7.75. The van der Waals surface area contributed by atoms with Gasteiger partial charge in [0.15, 0.2) is 0 Å². The van der Waals surface area contributed by atoms with Gasteiger partial charge in [-0.3, -0.25) is 4.98 Å². The van der Waals surface area contributed by atoms with Crippen molar-refractivity contribution in [2.75, 3.05) is 5.73 Å². The van der Waals surface area contributed by atoms with Gasteiger partial charge in [-0.25, -0.2) is 13.1 Å². The molecule has 106 valence electrons. The van der Waals surface area contributed by atoms with Crippen molar-refractivity contribution in [1.82, 2.24) is 9.71 Å². The molecule has 0 saturated heterocycles. The monoisotopic (exact) mass is 311 g/mol. The molecule has 0 aliphatic carbocycles. The van der Waals surface area contributed by atoms with E-state index in [9.17, 15) is 8.42 Å². The van der Waals surface area contributed by atoms with E-state index in [1.54, 1.807) is 37.4 Å². The molecule has 2 rings (SSSR count). The first kappa shape index (κ1) is 14.8. The molecule has 3 N–H and O–H groups in total. The topological polar surface area (TPSA) is 85.1 Å². The van der Waals surface area contributed by atoms with Crippen molar-refractivity contribution in [1.29, 1.82) is 0 Å². The van der Waals surface area contributed by atoms with Crippen LogP contribution in [0.1, 0.15) is 18.7 Å². The minimum absolute atomic E-state index is 0.0886. The summed E-state index contributed by atoms with van der Waals surface area (Å²) in [6.45, 7) is 1.70. The Morgan fingerprint density at radius 1 is 1.25 bits per heavy atom. The molecule has 0 amide bonds. The first-order valence-electron chi connectivity index (χ1n) is 5.89. The number of sulfonamides is 1. The fourth-order valence-corrected chi connectivity index (χ4v) is 3.69. The number of rotatable bonds is 4. The van der Waals surface area contributed by atoms with Crippen LogP contribution in [-0.4, -0.2) is 13.4 Å². The average molecular weight is 312 g/mol. The molecule has 1 aromatic carbocycles. The molecule has 1 aromatic heterocycles. The van der Waals surface area contributed by atoms with Crippen molar-refractivity contribution in [3.8, 4) is 0 Å². The molecule has 1 heterocycles. The number of aromatic nitrogens is 1. The lowest BCUT2D eigenvalue weighted by Gasteiger charge is -2.15. The van der Waals surface area contributed by atoms with E-state index >= 15 is 0 Å². The summed E-state index contributed by atoms with van der Waals surface area (Å²) in [5.41, 5.74) is 6.42. The Morgan fingerprint density at radius 2 is 2.00 bits per heavy atom. The molecule has 5 nitrogen and oxygen atoms in total. The number of nitrogen functional groups attached to an aromatic ring is 1. The van der Waals surface area contributed by atoms with E-state index in [4.69, 9.17) is 17.3 Å². The van der Waals surface area contributed by atoms with Crippen molar-refractivity contribution in [3.63, 3.8) is 0 Å². The van der Waals surface area contributed by atoms with Crippen LogP contribution in [0.4, 0.5) is 5.69 Å². The molecule has 1 atom stereocenters. The number of nitrogens with one attached hydrogen (secondary N) is 1. The number of nitrogens with two attached hydrogens (primary N) is 1. The number of hydrogen-bond donors (Lipinski definition) is 2. The number of anilines is 1. The van der Waals surface area contributed by atoms with Crippen molar-refractivity contribution in [2.24, 2.45) is 0 Å². The van der Waals surface area contributed by atoms with Crippen molar-refractivity contribution in [3.05, 3.63) is 53.3 Å². The third kappa shape index (κ3) is 3.09. The summed E-state index contributed by atoms with van der Waals surface area (Å²) in [6.07, 6.45) is 1.60. The maximum atomic E-state index is 12.4. The zero-order valence-electron chi connectivity index (χ0n) is 10.7. The summed E-state index contributed by atoms with van der Waals surface area (Å²) < 4.78 is 27.2. The van der Waals surface area contributed by atoms with E-state index in [1.807, 2.05) is 0 Å². The molecule has 0 spiro atoms. The second-order valence-electron chi connectivity index (χ2n) is 4.26. The zero-order valence-corrected chi connectivity index (χ0v) is 12.3. The van der Waals surface area contributed by atoms with Crippen molar-refractivity contribution >= 4 is 27.3 Å². The minimum atomic E-state index is -3.82. The van der Waals surface area contributed by atoms with Gasteiger partial charge in [-0.1, -0.05) is 23.7 Å². The van der Waals surface area contributed by atoms with Crippen LogP contribution >= 0.6 is 11.6 Å².